The smallest absolute Gasteiger partial charge is 0.182 e. The highest BCUT2D eigenvalue weighted by Gasteiger charge is 2.29. The summed E-state index contributed by atoms with van der Waals surface area (Å²) in [6.45, 7) is 11.0. The summed E-state index contributed by atoms with van der Waals surface area (Å²) in [5.41, 5.74) is -0.905. The van der Waals surface area contributed by atoms with Crippen molar-refractivity contribution in [3.05, 3.63) is 0 Å². The van der Waals surface area contributed by atoms with E-state index in [0.29, 0.717) is 23.8 Å². The third-order valence-electron chi connectivity index (χ3n) is 4.76. The van der Waals surface area contributed by atoms with Gasteiger partial charge in [-0.3, -0.25) is 4.90 Å². The molecule has 0 rings (SSSR count). The minimum atomic E-state index is -0.453. The molecule has 6 nitrogen and oxygen atoms in total. The van der Waals surface area contributed by atoms with Crippen molar-refractivity contribution in [2.45, 2.75) is 57.8 Å². The molecule has 3 unspecified atom stereocenters. The van der Waals surface area contributed by atoms with Gasteiger partial charge in [0.05, 0.1) is 0 Å². The summed E-state index contributed by atoms with van der Waals surface area (Å²) < 4.78 is 28.3. The third kappa shape index (κ3) is 8.75. The van der Waals surface area contributed by atoms with Crippen molar-refractivity contribution >= 4 is 17.2 Å². The highest BCUT2D eigenvalue weighted by atomic mass is 31.1. The largest absolute Gasteiger partial charge is 0.364 e. The molecule has 0 radical (unpaired) electrons. The van der Waals surface area contributed by atoms with Crippen LogP contribution in [0, 0.1) is 0 Å². The molecule has 3 atom stereocenters. The van der Waals surface area contributed by atoms with E-state index in [0.717, 1.165) is 38.3 Å². The van der Waals surface area contributed by atoms with Crippen LogP contribution < -0.4 is 0 Å². The van der Waals surface area contributed by atoms with Gasteiger partial charge in [0.25, 0.3) is 0 Å². The lowest BCUT2D eigenvalue weighted by Gasteiger charge is -2.34. The highest BCUT2D eigenvalue weighted by Crippen LogP contribution is 2.37. The van der Waals surface area contributed by atoms with Gasteiger partial charge in [0, 0.05) is 61.0 Å². The van der Waals surface area contributed by atoms with Gasteiger partial charge in [-0.25, -0.2) is 0 Å². The molecule has 0 aliphatic carbocycles. The van der Waals surface area contributed by atoms with E-state index in [4.69, 9.17) is 23.7 Å². The molecule has 0 aliphatic rings. The van der Waals surface area contributed by atoms with Crippen LogP contribution in [0.3, 0.4) is 0 Å². The molecule has 26 heavy (non-hydrogen) atoms. The standard InChI is InChI=1S/C18H41NO5P2/c1-9-17(20-5,21-6)25-14-12-19(16(4)24-11-3)13-15-26-18(10-2,22-7)23-8/h16,25-26H,9-15H2,1-8H3. The van der Waals surface area contributed by atoms with Crippen molar-refractivity contribution in [2.75, 3.05) is 60.5 Å². The molecule has 0 aromatic rings. The van der Waals surface area contributed by atoms with Crippen molar-refractivity contribution < 1.29 is 23.7 Å². The van der Waals surface area contributed by atoms with E-state index in [1.54, 1.807) is 28.4 Å². The molecule has 0 spiro atoms. The van der Waals surface area contributed by atoms with E-state index in [-0.39, 0.29) is 6.23 Å². The third-order valence-corrected chi connectivity index (χ3v) is 8.31. The van der Waals surface area contributed by atoms with Crippen LogP contribution in [-0.2, 0) is 23.7 Å². The Morgan fingerprint density at radius 1 is 0.769 bits per heavy atom. The Labute approximate surface area is 164 Å². The normalized spacial score (nSPS) is 15.1. The van der Waals surface area contributed by atoms with Crippen LogP contribution >= 0.6 is 17.2 Å². The molecule has 0 saturated carbocycles. The zero-order valence-corrected chi connectivity index (χ0v) is 20.0. The highest BCUT2D eigenvalue weighted by molar-refractivity contribution is 7.39. The predicted molar refractivity (Wildman–Crippen MR) is 113 cm³/mol. The van der Waals surface area contributed by atoms with Crippen molar-refractivity contribution in [2.24, 2.45) is 0 Å². The second-order valence-electron chi connectivity index (χ2n) is 5.97. The second-order valence-corrected chi connectivity index (χ2v) is 9.20. The fraction of sp³-hybridized carbons (Fsp3) is 1.00. The maximum Gasteiger partial charge on any atom is 0.182 e. The first-order chi connectivity index (χ1) is 12.4. The Morgan fingerprint density at radius 3 is 1.42 bits per heavy atom. The van der Waals surface area contributed by atoms with E-state index in [9.17, 15) is 0 Å². The average molecular weight is 413 g/mol. The minimum absolute atomic E-state index is 0.0943. The second kappa shape index (κ2) is 14.6. The molecule has 0 heterocycles. The fourth-order valence-corrected chi connectivity index (χ4v) is 5.52. The van der Waals surface area contributed by atoms with Gasteiger partial charge >= 0.3 is 0 Å². The summed E-state index contributed by atoms with van der Waals surface area (Å²) in [5, 5.41) is 0. The molecule has 0 amide bonds. The molecule has 0 N–H and O–H groups in total. The van der Waals surface area contributed by atoms with Gasteiger partial charge in [0.15, 0.2) is 11.1 Å². The molecule has 0 saturated heterocycles. The topological polar surface area (TPSA) is 49.4 Å². The van der Waals surface area contributed by atoms with Gasteiger partial charge in [-0.15, -0.1) is 0 Å². The lowest BCUT2D eigenvalue weighted by atomic mass is 10.4. The first-order valence-electron chi connectivity index (χ1n) is 9.48. The van der Waals surface area contributed by atoms with Crippen LogP contribution in [0.25, 0.3) is 0 Å². The molecule has 0 fully saturated rings. The van der Waals surface area contributed by atoms with Crippen LogP contribution in [0.4, 0.5) is 0 Å². The Bertz CT molecular complexity index is 299. The molecule has 0 aliphatic heterocycles. The summed E-state index contributed by atoms with van der Waals surface area (Å²) in [5.74, 6) is 0. The van der Waals surface area contributed by atoms with Gasteiger partial charge in [-0.05, 0) is 26.2 Å². The molecule has 158 valence electrons. The molecule has 8 heteroatoms. The molecule has 0 bridgehead atoms. The van der Waals surface area contributed by atoms with Crippen molar-refractivity contribution in [1.82, 2.24) is 4.90 Å². The number of hydrogen-bond acceptors (Lipinski definition) is 6. The van der Waals surface area contributed by atoms with E-state index >= 15 is 0 Å². The van der Waals surface area contributed by atoms with Crippen molar-refractivity contribution in [3.8, 4) is 0 Å². The van der Waals surface area contributed by atoms with Gasteiger partial charge in [-0.1, -0.05) is 31.0 Å². The van der Waals surface area contributed by atoms with Crippen LogP contribution in [-0.4, -0.2) is 82.6 Å². The van der Waals surface area contributed by atoms with Crippen LogP contribution in [0.1, 0.15) is 40.5 Å². The summed E-state index contributed by atoms with van der Waals surface area (Å²) in [6.07, 6.45) is 3.83. The van der Waals surface area contributed by atoms with Crippen molar-refractivity contribution in [3.63, 3.8) is 0 Å². The number of nitrogens with zero attached hydrogens (tertiary/aromatic N) is 1. The Morgan fingerprint density at radius 2 is 1.15 bits per heavy atom. The quantitative estimate of drug-likeness (QED) is 0.267. The maximum atomic E-state index is 5.83. The Kier molecular flexibility index (Phi) is 14.9. The molecular formula is C18H41NO5P2. The molecular weight excluding hydrogens is 372 g/mol. The first-order valence-corrected chi connectivity index (χ1v) is 11.9. The zero-order chi connectivity index (χ0) is 20.1. The SMILES string of the molecule is CCOC(C)N(CCPC(CC)(OC)OC)CCPC(CC)(OC)OC. The lowest BCUT2D eigenvalue weighted by molar-refractivity contribution is -0.138. The Balaban J connectivity index is 4.67. The maximum absolute atomic E-state index is 5.83. The van der Waals surface area contributed by atoms with Gasteiger partial charge < -0.3 is 23.7 Å². The summed E-state index contributed by atoms with van der Waals surface area (Å²) in [4.78, 5) is 2.39. The Hall–Kier alpha value is 0.620. The zero-order valence-electron chi connectivity index (χ0n) is 18.0. The fourth-order valence-electron chi connectivity index (χ4n) is 2.88. The van der Waals surface area contributed by atoms with Crippen LogP contribution in [0.2, 0.25) is 0 Å². The van der Waals surface area contributed by atoms with Crippen LogP contribution in [0.15, 0.2) is 0 Å². The van der Waals surface area contributed by atoms with E-state index in [2.05, 4.69) is 25.7 Å². The van der Waals surface area contributed by atoms with Gasteiger partial charge in [0.1, 0.15) is 6.23 Å². The van der Waals surface area contributed by atoms with Crippen molar-refractivity contribution in [1.29, 1.82) is 0 Å². The monoisotopic (exact) mass is 413 g/mol. The van der Waals surface area contributed by atoms with E-state index < -0.39 is 11.1 Å². The van der Waals surface area contributed by atoms with E-state index in [1.165, 1.54) is 0 Å². The lowest BCUT2D eigenvalue weighted by Crippen LogP contribution is -2.40. The summed E-state index contributed by atoms with van der Waals surface area (Å²) >= 11 is 0. The molecule has 0 aromatic carbocycles. The number of methoxy groups -OCH3 is 4. The first kappa shape index (κ1) is 26.6. The number of ether oxygens (including phenoxy) is 5. The van der Waals surface area contributed by atoms with Gasteiger partial charge in [0.2, 0.25) is 0 Å². The average Bonchev–Trinajstić information content (AvgIpc) is 2.68. The number of hydrogen-bond donors (Lipinski definition) is 0. The van der Waals surface area contributed by atoms with Gasteiger partial charge in [-0.2, -0.15) is 0 Å². The van der Waals surface area contributed by atoms with E-state index in [1.807, 2.05) is 6.92 Å². The molecule has 0 aromatic heterocycles. The van der Waals surface area contributed by atoms with Crippen LogP contribution in [0.5, 0.6) is 0 Å². The predicted octanol–water partition coefficient (Wildman–Crippen LogP) is 3.74. The minimum Gasteiger partial charge on any atom is -0.364 e. The summed E-state index contributed by atoms with van der Waals surface area (Å²) in [6, 6.07) is 0. The summed E-state index contributed by atoms with van der Waals surface area (Å²) in [7, 11) is 8.07. The number of rotatable bonds is 17.